The average Bonchev–Trinajstić information content (AvgIpc) is 2.91. The number of oxime groups is 1. The van der Waals surface area contributed by atoms with Crippen molar-refractivity contribution in [2.75, 3.05) is 13.7 Å². The van der Waals surface area contributed by atoms with Crippen LogP contribution < -0.4 is 5.73 Å². The van der Waals surface area contributed by atoms with Crippen LogP contribution in [0.4, 0.5) is 0 Å². The van der Waals surface area contributed by atoms with E-state index in [2.05, 4.69) is 38.1 Å². The lowest BCUT2D eigenvalue weighted by molar-refractivity contribution is -0.165. The maximum absolute atomic E-state index is 11.8. The largest absolute Gasteiger partial charge is 0.466 e. The molecule has 1 heterocycles. The SMILES string of the molecule is COC(=O)C1(CN)CC(c2ccc(C(C)(C)C)cc2)=NO1. The van der Waals surface area contributed by atoms with Crippen molar-refractivity contribution in [3.63, 3.8) is 0 Å². The molecular formula is C16H22N2O3. The van der Waals surface area contributed by atoms with E-state index in [1.807, 2.05) is 12.1 Å². The van der Waals surface area contributed by atoms with Crippen molar-refractivity contribution in [2.24, 2.45) is 10.9 Å². The van der Waals surface area contributed by atoms with Gasteiger partial charge in [-0.3, -0.25) is 0 Å². The minimum atomic E-state index is -1.19. The van der Waals surface area contributed by atoms with Gasteiger partial charge in [0, 0.05) is 13.0 Å². The van der Waals surface area contributed by atoms with E-state index in [4.69, 9.17) is 15.3 Å². The number of nitrogens with zero attached hydrogens (tertiary/aromatic N) is 1. The maximum Gasteiger partial charge on any atom is 0.354 e. The molecule has 0 aliphatic carbocycles. The molecule has 5 nitrogen and oxygen atoms in total. The van der Waals surface area contributed by atoms with Gasteiger partial charge in [0.2, 0.25) is 0 Å². The van der Waals surface area contributed by atoms with E-state index in [-0.39, 0.29) is 12.0 Å². The fourth-order valence-electron chi connectivity index (χ4n) is 2.28. The summed E-state index contributed by atoms with van der Waals surface area (Å²) >= 11 is 0. The summed E-state index contributed by atoms with van der Waals surface area (Å²) < 4.78 is 4.76. The molecule has 0 spiro atoms. The van der Waals surface area contributed by atoms with Gasteiger partial charge in [-0.05, 0) is 16.5 Å². The van der Waals surface area contributed by atoms with Crippen molar-refractivity contribution in [1.82, 2.24) is 0 Å². The Morgan fingerprint density at radius 2 is 2.00 bits per heavy atom. The lowest BCUT2D eigenvalue weighted by Gasteiger charge is -2.21. The van der Waals surface area contributed by atoms with E-state index < -0.39 is 11.6 Å². The van der Waals surface area contributed by atoms with Gasteiger partial charge in [-0.2, -0.15) is 0 Å². The second-order valence-corrected chi connectivity index (χ2v) is 6.32. The topological polar surface area (TPSA) is 73.9 Å². The van der Waals surface area contributed by atoms with E-state index in [0.29, 0.717) is 12.1 Å². The zero-order chi connectivity index (χ0) is 15.7. The van der Waals surface area contributed by atoms with Gasteiger partial charge in [0.15, 0.2) is 0 Å². The highest BCUT2D eigenvalue weighted by Gasteiger charge is 2.47. The van der Waals surface area contributed by atoms with E-state index in [9.17, 15) is 4.79 Å². The fraction of sp³-hybridized carbons (Fsp3) is 0.500. The molecule has 1 atom stereocenters. The molecule has 114 valence electrons. The summed E-state index contributed by atoms with van der Waals surface area (Å²) in [4.78, 5) is 17.1. The summed E-state index contributed by atoms with van der Waals surface area (Å²) in [6.45, 7) is 6.52. The lowest BCUT2D eigenvalue weighted by atomic mass is 9.86. The van der Waals surface area contributed by atoms with Gasteiger partial charge < -0.3 is 15.3 Å². The number of carbonyl (C=O) groups excluding carboxylic acids is 1. The van der Waals surface area contributed by atoms with Crippen LogP contribution in [0, 0.1) is 0 Å². The smallest absolute Gasteiger partial charge is 0.354 e. The van der Waals surface area contributed by atoms with Crippen LogP contribution in [-0.4, -0.2) is 30.9 Å². The highest BCUT2D eigenvalue weighted by Crippen LogP contribution is 2.29. The Morgan fingerprint density at radius 3 is 2.48 bits per heavy atom. The number of nitrogens with two attached hydrogens (primary N) is 1. The summed E-state index contributed by atoms with van der Waals surface area (Å²) in [6, 6.07) is 8.12. The molecule has 0 saturated heterocycles. The number of hydrogen-bond acceptors (Lipinski definition) is 5. The summed E-state index contributed by atoms with van der Waals surface area (Å²) in [5, 5.41) is 4.03. The van der Waals surface area contributed by atoms with Crippen molar-refractivity contribution in [2.45, 2.75) is 38.2 Å². The highest BCUT2D eigenvalue weighted by atomic mass is 16.7. The zero-order valence-corrected chi connectivity index (χ0v) is 13.0. The summed E-state index contributed by atoms with van der Waals surface area (Å²) in [5.41, 5.74) is 7.46. The maximum atomic E-state index is 11.8. The molecule has 1 aromatic carbocycles. The normalized spacial score (nSPS) is 21.7. The lowest BCUT2D eigenvalue weighted by Crippen LogP contribution is -2.46. The Hall–Kier alpha value is -1.88. The van der Waals surface area contributed by atoms with E-state index in [1.54, 1.807) is 0 Å². The van der Waals surface area contributed by atoms with Gasteiger partial charge in [-0.1, -0.05) is 50.2 Å². The molecule has 1 aliphatic heterocycles. The first-order chi connectivity index (χ1) is 9.82. The highest BCUT2D eigenvalue weighted by molar-refractivity contribution is 6.04. The van der Waals surface area contributed by atoms with E-state index >= 15 is 0 Å². The van der Waals surface area contributed by atoms with Crippen LogP contribution in [0.2, 0.25) is 0 Å². The molecule has 0 amide bonds. The van der Waals surface area contributed by atoms with Gasteiger partial charge in [-0.15, -0.1) is 0 Å². The molecule has 21 heavy (non-hydrogen) atoms. The van der Waals surface area contributed by atoms with Gasteiger partial charge in [0.1, 0.15) is 0 Å². The predicted octanol–water partition coefficient (Wildman–Crippen LogP) is 1.98. The van der Waals surface area contributed by atoms with Crippen LogP contribution in [0.15, 0.2) is 29.4 Å². The first-order valence-electron chi connectivity index (χ1n) is 6.97. The molecule has 2 rings (SSSR count). The summed E-state index contributed by atoms with van der Waals surface area (Å²) in [6.07, 6.45) is 0.324. The molecule has 0 radical (unpaired) electrons. The Balaban J connectivity index is 2.20. The van der Waals surface area contributed by atoms with Crippen LogP contribution >= 0.6 is 0 Å². The van der Waals surface area contributed by atoms with Crippen LogP contribution in [0.25, 0.3) is 0 Å². The van der Waals surface area contributed by atoms with Gasteiger partial charge >= 0.3 is 5.97 Å². The molecule has 0 bridgehead atoms. The second-order valence-electron chi connectivity index (χ2n) is 6.32. The summed E-state index contributed by atoms with van der Waals surface area (Å²) in [5.74, 6) is -0.491. The number of esters is 1. The Morgan fingerprint density at radius 1 is 1.38 bits per heavy atom. The molecule has 0 saturated carbocycles. The Kier molecular flexibility index (Phi) is 4.05. The fourth-order valence-corrected chi connectivity index (χ4v) is 2.28. The average molecular weight is 290 g/mol. The number of ether oxygens (including phenoxy) is 1. The number of methoxy groups -OCH3 is 1. The van der Waals surface area contributed by atoms with Crippen LogP contribution in [-0.2, 0) is 19.8 Å². The quantitative estimate of drug-likeness (QED) is 0.864. The molecule has 2 N–H and O–H groups in total. The first kappa shape index (κ1) is 15.5. The van der Waals surface area contributed by atoms with Crippen LogP contribution in [0.3, 0.4) is 0 Å². The van der Waals surface area contributed by atoms with E-state index in [0.717, 1.165) is 5.56 Å². The van der Waals surface area contributed by atoms with Crippen molar-refractivity contribution < 1.29 is 14.4 Å². The number of carbonyl (C=O) groups is 1. The zero-order valence-electron chi connectivity index (χ0n) is 13.0. The van der Waals surface area contributed by atoms with Crippen LogP contribution in [0.5, 0.6) is 0 Å². The third-order valence-corrected chi connectivity index (χ3v) is 3.75. The van der Waals surface area contributed by atoms with Crippen molar-refractivity contribution >= 4 is 11.7 Å². The van der Waals surface area contributed by atoms with E-state index in [1.165, 1.54) is 12.7 Å². The van der Waals surface area contributed by atoms with Crippen molar-refractivity contribution in [1.29, 1.82) is 0 Å². The minimum Gasteiger partial charge on any atom is -0.466 e. The van der Waals surface area contributed by atoms with Crippen LogP contribution in [0.1, 0.15) is 38.3 Å². The number of benzene rings is 1. The van der Waals surface area contributed by atoms with Gasteiger partial charge in [-0.25, -0.2) is 4.79 Å². The molecule has 0 aromatic heterocycles. The van der Waals surface area contributed by atoms with Gasteiger partial charge in [0.25, 0.3) is 5.60 Å². The van der Waals surface area contributed by atoms with Gasteiger partial charge in [0.05, 0.1) is 12.8 Å². The monoisotopic (exact) mass is 290 g/mol. The molecule has 0 fully saturated rings. The molecular weight excluding hydrogens is 268 g/mol. The summed E-state index contributed by atoms with van der Waals surface area (Å²) in [7, 11) is 1.32. The third-order valence-electron chi connectivity index (χ3n) is 3.75. The Bertz CT molecular complexity index is 558. The molecule has 1 aromatic rings. The third kappa shape index (κ3) is 2.93. The first-order valence-corrected chi connectivity index (χ1v) is 6.97. The second kappa shape index (κ2) is 5.48. The standard InChI is InChI=1S/C16H22N2O3/c1-15(2,3)12-7-5-11(6-8-12)13-9-16(10-17,21-18-13)14(19)20-4/h5-8H,9-10,17H2,1-4H3. The molecule has 1 unspecified atom stereocenters. The van der Waals surface area contributed by atoms with Crippen molar-refractivity contribution in [3.05, 3.63) is 35.4 Å². The predicted molar refractivity (Wildman–Crippen MR) is 81.2 cm³/mol. The number of rotatable bonds is 3. The van der Waals surface area contributed by atoms with Crippen molar-refractivity contribution in [3.8, 4) is 0 Å². The molecule has 1 aliphatic rings. The molecule has 5 heteroatoms. The minimum absolute atomic E-state index is 0.0345. The number of hydrogen-bond donors (Lipinski definition) is 1. The Labute approximate surface area is 125 Å².